The van der Waals surface area contributed by atoms with E-state index in [1.54, 1.807) is 23.1 Å². The van der Waals surface area contributed by atoms with Crippen molar-refractivity contribution in [2.75, 3.05) is 0 Å². The molecule has 6 heteroatoms. The van der Waals surface area contributed by atoms with Gasteiger partial charge in [-0.25, -0.2) is 0 Å². The molecule has 0 aromatic heterocycles. The molecule has 0 spiro atoms. The number of halogens is 2. The van der Waals surface area contributed by atoms with Gasteiger partial charge in [0.05, 0.1) is 6.42 Å². The third-order valence-corrected chi connectivity index (χ3v) is 6.65. The molecule has 184 valence electrons. The molecule has 0 aliphatic rings. The Kier molecular flexibility index (Phi) is 9.76. The lowest BCUT2D eigenvalue weighted by molar-refractivity contribution is -0.141. The summed E-state index contributed by atoms with van der Waals surface area (Å²) in [5, 5.41) is 4.04. The lowest BCUT2D eigenvalue weighted by Gasteiger charge is -2.32. The van der Waals surface area contributed by atoms with Crippen LogP contribution in [0.3, 0.4) is 0 Å². The molecule has 0 saturated carbocycles. The Morgan fingerprint density at radius 3 is 2.31 bits per heavy atom. The highest BCUT2D eigenvalue weighted by Crippen LogP contribution is 2.23. The lowest BCUT2D eigenvalue weighted by Crippen LogP contribution is -2.52. The number of rotatable bonds is 10. The van der Waals surface area contributed by atoms with Gasteiger partial charge in [-0.1, -0.05) is 96.4 Å². The van der Waals surface area contributed by atoms with Crippen LogP contribution in [0.15, 0.2) is 72.8 Å². The van der Waals surface area contributed by atoms with Crippen molar-refractivity contribution in [2.24, 2.45) is 0 Å². The summed E-state index contributed by atoms with van der Waals surface area (Å²) in [6.45, 7) is 6.32. The van der Waals surface area contributed by atoms with Crippen molar-refractivity contribution >= 4 is 35.0 Å². The molecule has 3 rings (SSSR count). The molecule has 0 bridgehead atoms. The molecule has 0 aliphatic heterocycles. The van der Waals surface area contributed by atoms with Gasteiger partial charge in [0.15, 0.2) is 0 Å². The summed E-state index contributed by atoms with van der Waals surface area (Å²) in [7, 11) is 0. The normalized spacial score (nSPS) is 12.6. The first kappa shape index (κ1) is 26.8. The van der Waals surface area contributed by atoms with E-state index in [0.717, 1.165) is 23.1 Å². The van der Waals surface area contributed by atoms with Gasteiger partial charge in [-0.15, -0.1) is 0 Å². The minimum Gasteiger partial charge on any atom is -0.352 e. The maximum absolute atomic E-state index is 13.8. The summed E-state index contributed by atoms with van der Waals surface area (Å²) in [6.07, 6.45) is 1.29. The Morgan fingerprint density at radius 1 is 0.943 bits per heavy atom. The fourth-order valence-electron chi connectivity index (χ4n) is 3.93. The van der Waals surface area contributed by atoms with E-state index in [0.29, 0.717) is 28.6 Å². The molecule has 3 aromatic carbocycles. The predicted octanol–water partition coefficient (Wildman–Crippen LogP) is 6.40. The van der Waals surface area contributed by atoms with Gasteiger partial charge in [-0.3, -0.25) is 9.59 Å². The summed E-state index contributed by atoms with van der Waals surface area (Å²) >= 11 is 12.4. The molecule has 3 aromatic rings. The third-order valence-electron chi connectivity index (χ3n) is 6.06. The van der Waals surface area contributed by atoms with Gasteiger partial charge < -0.3 is 10.2 Å². The summed E-state index contributed by atoms with van der Waals surface area (Å²) in [5.74, 6) is -0.331. The van der Waals surface area contributed by atoms with Crippen LogP contribution >= 0.6 is 23.2 Å². The van der Waals surface area contributed by atoms with E-state index >= 15 is 0 Å². The number of aryl methyl sites for hydroxylation is 1. The zero-order valence-corrected chi connectivity index (χ0v) is 21.9. The summed E-state index contributed by atoms with van der Waals surface area (Å²) in [5.41, 5.74) is 3.73. The topological polar surface area (TPSA) is 49.4 Å². The van der Waals surface area contributed by atoms with Crippen LogP contribution in [-0.4, -0.2) is 28.8 Å². The van der Waals surface area contributed by atoms with Crippen LogP contribution < -0.4 is 5.32 Å². The molecular formula is C29H32Cl2N2O2. The number of hydrogen-bond acceptors (Lipinski definition) is 2. The van der Waals surface area contributed by atoms with Crippen LogP contribution in [0.1, 0.15) is 42.5 Å². The number of carbonyl (C=O) groups is 2. The third kappa shape index (κ3) is 7.84. The van der Waals surface area contributed by atoms with Gasteiger partial charge in [-0.05, 0) is 49.1 Å². The van der Waals surface area contributed by atoms with E-state index in [9.17, 15) is 9.59 Å². The number of amides is 2. The average Bonchev–Trinajstić information content (AvgIpc) is 2.83. The van der Waals surface area contributed by atoms with E-state index in [1.165, 1.54) is 0 Å². The van der Waals surface area contributed by atoms with Crippen molar-refractivity contribution in [3.05, 3.63) is 105 Å². The standard InChI is InChI=1S/C29H32Cl2N2O2/c1-4-21(3)32-29(35)27(16-22-10-6-5-7-11-22)33(19-23-12-8-9-20(2)15-23)28(34)17-24-13-14-25(30)18-26(24)31/h5-15,18,21,27H,4,16-17,19H2,1-3H3,(H,32,35). The number of carbonyl (C=O) groups excluding carboxylic acids is 2. The van der Waals surface area contributed by atoms with Gasteiger partial charge in [-0.2, -0.15) is 0 Å². The van der Waals surface area contributed by atoms with Crippen LogP contribution in [0.2, 0.25) is 10.0 Å². The fraction of sp³-hybridized carbons (Fsp3) is 0.310. The SMILES string of the molecule is CCC(C)NC(=O)C(Cc1ccccc1)N(Cc1cccc(C)c1)C(=O)Cc1ccc(Cl)cc1Cl. The summed E-state index contributed by atoms with van der Waals surface area (Å²) in [6, 6.07) is 22.2. The van der Waals surface area contributed by atoms with Gasteiger partial charge in [0.2, 0.25) is 11.8 Å². The van der Waals surface area contributed by atoms with Crippen molar-refractivity contribution < 1.29 is 9.59 Å². The molecule has 4 nitrogen and oxygen atoms in total. The first-order chi connectivity index (χ1) is 16.8. The van der Waals surface area contributed by atoms with E-state index in [2.05, 4.69) is 5.32 Å². The van der Waals surface area contributed by atoms with Crippen LogP contribution in [0.5, 0.6) is 0 Å². The molecule has 35 heavy (non-hydrogen) atoms. The van der Waals surface area contributed by atoms with Crippen LogP contribution in [0.4, 0.5) is 0 Å². The molecule has 0 aliphatic carbocycles. The monoisotopic (exact) mass is 510 g/mol. The minimum absolute atomic E-state index is 0.00223. The molecule has 0 heterocycles. The van der Waals surface area contributed by atoms with Crippen molar-refractivity contribution in [1.82, 2.24) is 10.2 Å². The lowest BCUT2D eigenvalue weighted by atomic mass is 10.0. The maximum Gasteiger partial charge on any atom is 0.243 e. The van der Waals surface area contributed by atoms with Gasteiger partial charge in [0.25, 0.3) is 0 Å². The Morgan fingerprint density at radius 2 is 1.66 bits per heavy atom. The van der Waals surface area contributed by atoms with E-state index in [1.807, 2.05) is 75.4 Å². The van der Waals surface area contributed by atoms with Crippen molar-refractivity contribution in [3.8, 4) is 0 Å². The molecule has 0 saturated heterocycles. The van der Waals surface area contributed by atoms with E-state index < -0.39 is 6.04 Å². The van der Waals surface area contributed by atoms with Gasteiger partial charge >= 0.3 is 0 Å². The number of benzene rings is 3. The van der Waals surface area contributed by atoms with E-state index in [-0.39, 0.29) is 24.3 Å². The second kappa shape index (κ2) is 12.8. The molecule has 0 fully saturated rings. The maximum atomic E-state index is 13.8. The highest BCUT2D eigenvalue weighted by atomic mass is 35.5. The molecule has 0 radical (unpaired) electrons. The Labute approximate surface area is 218 Å². The number of hydrogen-bond donors (Lipinski definition) is 1. The van der Waals surface area contributed by atoms with Gasteiger partial charge in [0.1, 0.15) is 6.04 Å². The highest BCUT2D eigenvalue weighted by molar-refractivity contribution is 6.35. The molecule has 1 N–H and O–H groups in total. The Bertz CT molecular complexity index is 1150. The van der Waals surface area contributed by atoms with E-state index in [4.69, 9.17) is 23.2 Å². The quantitative estimate of drug-likeness (QED) is 0.343. The van der Waals surface area contributed by atoms with Crippen LogP contribution in [0.25, 0.3) is 0 Å². The van der Waals surface area contributed by atoms with Crippen LogP contribution in [-0.2, 0) is 29.0 Å². The minimum atomic E-state index is -0.675. The fourth-order valence-corrected chi connectivity index (χ4v) is 4.41. The zero-order valence-electron chi connectivity index (χ0n) is 20.4. The number of nitrogens with zero attached hydrogens (tertiary/aromatic N) is 1. The Balaban J connectivity index is 1.99. The van der Waals surface area contributed by atoms with Crippen LogP contribution in [0, 0.1) is 6.92 Å². The smallest absolute Gasteiger partial charge is 0.243 e. The Hall–Kier alpha value is -2.82. The highest BCUT2D eigenvalue weighted by Gasteiger charge is 2.31. The summed E-state index contributed by atoms with van der Waals surface area (Å²) < 4.78 is 0. The average molecular weight is 511 g/mol. The van der Waals surface area contributed by atoms with Crippen molar-refractivity contribution in [3.63, 3.8) is 0 Å². The largest absolute Gasteiger partial charge is 0.352 e. The van der Waals surface area contributed by atoms with Gasteiger partial charge in [0, 0.05) is 29.1 Å². The summed E-state index contributed by atoms with van der Waals surface area (Å²) in [4.78, 5) is 29.0. The van der Waals surface area contributed by atoms with Crippen molar-refractivity contribution in [2.45, 2.75) is 58.7 Å². The van der Waals surface area contributed by atoms with Crippen molar-refractivity contribution in [1.29, 1.82) is 0 Å². The second-order valence-electron chi connectivity index (χ2n) is 8.95. The first-order valence-corrected chi connectivity index (χ1v) is 12.7. The first-order valence-electron chi connectivity index (χ1n) is 11.9. The second-order valence-corrected chi connectivity index (χ2v) is 9.79. The molecular weight excluding hydrogens is 479 g/mol. The molecule has 2 atom stereocenters. The molecule has 2 amide bonds. The predicted molar refractivity (Wildman–Crippen MR) is 144 cm³/mol. The molecule has 2 unspecified atom stereocenters. The zero-order chi connectivity index (χ0) is 25.4. The number of nitrogens with one attached hydrogen (secondary N) is 1.